The zero-order valence-electron chi connectivity index (χ0n) is 48.9. The molecule has 6 heterocycles. The third-order valence-electron chi connectivity index (χ3n) is 15.1. The molecule has 0 bridgehead atoms. The van der Waals surface area contributed by atoms with Gasteiger partial charge in [0.05, 0.1) is 17.9 Å². The summed E-state index contributed by atoms with van der Waals surface area (Å²) in [6.45, 7) is 0. The summed E-state index contributed by atoms with van der Waals surface area (Å²) < 4.78 is 47.6. The summed E-state index contributed by atoms with van der Waals surface area (Å²) in [6, 6.07) is 32.2. The molecule has 0 saturated carbocycles. The number of aliphatic carboxylic acids is 3. The molecule has 3 aliphatic rings. The Morgan fingerprint density at radius 2 is 0.557 bits per heavy atom. The maximum Gasteiger partial charge on any atom is 3.00 e. The molecule has 15 N–H and O–H groups in total. The number of phenols is 6. The first-order valence-electron chi connectivity index (χ1n) is 28.0. The minimum Gasteiger partial charge on any atom is -0.547 e. The summed E-state index contributed by atoms with van der Waals surface area (Å²) in [5.74, 6) is -12.2. The Bertz CT molecular complexity index is 4130. The van der Waals surface area contributed by atoms with Crippen molar-refractivity contribution >= 4 is 50.8 Å². The minimum absolute atomic E-state index is 0. The molecule has 6 aromatic carbocycles. The number of hydrogen-bond acceptors (Lipinski definition) is 33. The second kappa shape index (κ2) is 29.3. The number of aliphatic hydroxyl groups excluding tert-OH is 9. The van der Waals surface area contributed by atoms with Crippen molar-refractivity contribution in [2.45, 2.75) is 92.1 Å². The van der Waals surface area contributed by atoms with Gasteiger partial charge in [-0.2, -0.15) is 0 Å². The van der Waals surface area contributed by atoms with Crippen molar-refractivity contribution in [3.63, 3.8) is 0 Å². The Balaban J connectivity index is 0.000000170. The quantitative estimate of drug-likeness (QED) is 0.0526. The van der Waals surface area contributed by atoms with Crippen LogP contribution in [0.25, 0.3) is 66.9 Å². The maximum atomic E-state index is 12.5. The van der Waals surface area contributed by atoms with Crippen LogP contribution in [0.3, 0.4) is 0 Å². The van der Waals surface area contributed by atoms with E-state index in [-0.39, 0.29) is 85.8 Å². The first kappa shape index (κ1) is 71.6. The van der Waals surface area contributed by atoms with Crippen molar-refractivity contribution in [1.29, 1.82) is 0 Å². The zero-order valence-corrected chi connectivity index (χ0v) is 52.5. The molecule has 3 fully saturated rings. The normalized spacial score (nSPS) is 25.3. The number of carboxylic acid groups (broad SMARTS) is 3. The van der Waals surface area contributed by atoms with Crippen molar-refractivity contribution < 1.29 is 184 Å². The van der Waals surface area contributed by atoms with Gasteiger partial charge in [0.1, 0.15) is 123 Å². The van der Waals surface area contributed by atoms with Gasteiger partial charge in [0.25, 0.3) is 0 Å². The largest absolute Gasteiger partial charge is 3.00 e. The van der Waals surface area contributed by atoms with E-state index in [4.69, 9.17) is 41.7 Å². The first-order valence-corrected chi connectivity index (χ1v) is 28.0. The minimum atomic E-state index is -2.04. The Labute approximate surface area is 567 Å². The van der Waals surface area contributed by atoms with Crippen molar-refractivity contribution in [2.75, 3.05) is 0 Å². The SMILES string of the molecule is O=C([O-])C1OC(Oc2cc3oc(-c4ccccc4)cc(=O)c3c(O)c2O)C(O)C(O)C1O.O=C([O-])C1OC(Oc2cc3oc(-c4ccccc4)cc(=O)c3c(O)c2O)C(O)C(O)C1O.O=C([O-])C1OC(Oc2cc3oc(-c4ccccc4)cc(=O)c3c(O)c2O)C(O)C(O)C1O.[La+3]. The molecular formula is C63H51LaO33. The molecule has 0 radical (unpaired) electrons. The van der Waals surface area contributed by atoms with E-state index in [1.165, 1.54) is 0 Å². The standard InChI is InChI=1S/3C21H18O11.La/c3*22-9-6-10(8-4-2-1-3-5-8)30-11-7-12(14(23)15(24)13(9)11)31-21-18(27)16(25)17(26)19(32-21)20(28)29;/h3*1-7,16-19,21,23-27H,(H,28,29);/q;;;+3/p-3. The van der Waals surface area contributed by atoms with E-state index in [9.17, 15) is 121 Å². The Kier molecular flexibility index (Phi) is 21.6. The van der Waals surface area contributed by atoms with Crippen molar-refractivity contribution in [1.82, 2.24) is 0 Å². The molecule has 3 aliphatic heterocycles. The van der Waals surface area contributed by atoms with Gasteiger partial charge in [-0.1, -0.05) is 91.0 Å². The smallest absolute Gasteiger partial charge is 0.547 e. The number of aliphatic hydroxyl groups is 9. The predicted octanol–water partition coefficient (Wildman–Crippen LogP) is -3.58. The Morgan fingerprint density at radius 3 is 0.773 bits per heavy atom. The number of carboxylic acids is 3. The second-order valence-electron chi connectivity index (χ2n) is 21.4. The third kappa shape index (κ3) is 14.4. The van der Waals surface area contributed by atoms with Gasteiger partial charge in [-0.15, -0.1) is 0 Å². The van der Waals surface area contributed by atoms with Crippen LogP contribution in [-0.2, 0) is 28.6 Å². The zero-order chi connectivity index (χ0) is 69.5. The summed E-state index contributed by atoms with van der Waals surface area (Å²) in [5, 5.41) is 183. The average Bonchev–Trinajstić information content (AvgIpc) is 0.777. The summed E-state index contributed by atoms with van der Waals surface area (Å²) in [4.78, 5) is 71.0. The van der Waals surface area contributed by atoms with E-state index in [0.717, 1.165) is 36.4 Å². The van der Waals surface area contributed by atoms with E-state index in [1.807, 2.05) is 0 Å². The molecule has 15 unspecified atom stereocenters. The van der Waals surface area contributed by atoms with Crippen LogP contribution in [0.5, 0.6) is 51.7 Å². The molecule has 15 atom stereocenters. The van der Waals surface area contributed by atoms with Crippen LogP contribution in [0, 0.1) is 35.6 Å². The summed E-state index contributed by atoms with van der Waals surface area (Å²) in [5.41, 5.74) is -0.877. The molecule has 0 spiro atoms. The fraction of sp³-hybridized carbons (Fsp3) is 0.238. The van der Waals surface area contributed by atoms with Crippen LogP contribution in [0.2, 0.25) is 0 Å². The van der Waals surface area contributed by atoms with Gasteiger partial charge in [-0.05, 0) is 0 Å². The molecule has 12 rings (SSSR count). The Morgan fingerprint density at radius 1 is 0.330 bits per heavy atom. The molecule has 97 heavy (non-hydrogen) atoms. The van der Waals surface area contributed by atoms with Crippen LogP contribution in [0.4, 0.5) is 0 Å². The number of benzene rings is 6. The number of carbonyl (C=O) groups excluding carboxylic acids is 3. The van der Waals surface area contributed by atoms with Crippen molar-refractivity contribution in [3.05, 3.63) is 158 Å². The topological polar surface area (TPSA) is 570 Å². The van der Waals surface area contributed by atoms with Crippen LogP contribution in [-0.4, -0.2) is 187 Å². The van der Waals surface area contributed by atoms with Gasteiger partial charge in [0, 0.05) is 53.1 Å². The molecule has 33 nitrogen and oxygen atoms in total. The van der Waals surface area contributed by atoms with E-state index in [0.29, 0.717) is 16.7 Å². The van der Waals surface area contributed by atoms with Gasteiger partial charge >= 0.3 is 35.6 Å². The fourth-order valence-corrected chi connectivity index (χ4v) is 10.1. The van der Waals surface area contributed by atoms with Crippen molar-refractivity contribution in [3.8, 4) is 85.7 Å². The van der Waals surface area contributed by atoms with E-state index in [2.05, 4.69) is 0 Å². The molecule has 3 aromatic heterocycles. The van der Waals surface area contributed by atoms with Gasteiger partial charge in [0.2, 0.25) is 36.1 Å². The first-order chi connectivity index (χ1) is 45.6. The number of ether oxygens (including phenoxy) is 6. The molecule has 504 valence electrons. The number of aromatic hydroxyl groups is 6. The average molecular weight is 1470 g/mol. The Hall–Kier alpha value is -9.73. The number of fused-ring (bicyclic) bond motifs is 3. The van der Waals surface area contributed by atoms with Gasteiger partial charge < -0.3 is 148 Å². The molecule has 9 aromatic rings. The summed E-state index contributed by atoms with van der Waals surface area (Å²) >= 11 is 0. The molecule has 34 heteroatoms. The molecule has 0 aliphatic carbocycles. The molecular weight excluding hydrogens is 1420 g/mol. The third-order valence-corrected chi connectivity index (χ3v) is 15.1. The van der Waals surface area contributed by atoms with Crippen molar-refractivity contribution in [2.24, 2.45) is 0 Å². The van der Waals surface area contributed by atoms with Crippen LogP contribution in [0.15, 0.2) is 155 Å². The summed E-state index contributed by atoms with van der Waals surface area (Å²) in [6.07, 6.45) is -29.5. The number of carbonyl (C=O) groups is 3. The number of phenolic OH excluding ortho intramolecular Hbond substituents is 6. The molecule has 0 amide bonds. The van der Waals surface area contributed by atoms with Gasteiger partial charge in [-0.3, -0.25) is 14.4 Å². The number of rotatable bonds is 12. The van der Waals surface area contributed by atoms with Crippen LogP contribution < -0.4 is 45.8 Å². The van der Waals surface area contributed by atoms with Crippen LogP contribution in [0.1, 0.15) is 0 Å². The van der Waals surface area contributed by atoms with Gasteiger partial charge in [0.15, 0.2) is 50.8 Å². The fourth-order valence-electron chi connectivity index (χ4n) is 10.1. The monoisotopic (exact) mass is 1470 g/mol. The number of hydrogen-bond donors (Lipinski definition) is 15. The maximum absolute atomic E-state index is 12.5. The second-order valence-corrected chi connectivity index (χ2v) is 21.4. The van der Waals surface area contributed by atoms with E-state index >= 15 is 0 Å². The van der Waals surface area contributed by atoms with Crippen LogP contribution >= 0.6 is 0 Å². The van der Waals surface area contributed by atoms with Gasteiger partial charge in [-0.25, -0.2) is 0 Å². The predicted molar refractivity (Wildman–Crippen MR) is 311 cm³/mol. The molecule has 3 saturated heterocycles. The van der Waals surface area contributed by atoms with E-state index < -0.39 is 178 Å². The summed E-state index contributed by atoms with van der Waals surface area (Å²) in [7, 11) is 0. The van der Waals surface area contributed by atoms with E-state index in [1.54, 1.807) is 91.0 Å².